The largest absolute Gasteiger partial charge is 0.495 e. The Morgan fingerprint density at radius 1 is 1.10 bits per heavy atom. The van der Waals surface area contributed by atoms with Gasteiger partial charge in [0.1, 0.15) is 17.4 Å². The number of likely N-dealkylation sites (N-methyl/N-ethyl adjacent to an activating group) is 1. The molecule has 1 saturated heterocycles. The highest BCUT2D eigenvalue weighted by molar-refractivity contribution is 7.92. The van der Waals surface area contributed by atoms with E-state index >= 15 is 0 Å². The van der Waals surface area contributed by atoms with E-state index in [0.717, 1.165) is 48.9 Å². The number of hydrogen-bond acceptors (Lipinski definition) is 10. The molecule has 5 rings (SSSR count). The van der Waals surface area contributed by atoms with Crippen LogP contribution >= 0.6 is 0 Å². The van der Waals surface area contributed by atoms with Crippen molar-refractivity contribution in [1.29, 1.82) is 0 Å². The smallest absolute Gasteiger partial charge is 0.229 e. The molecule has 0 atom stereocenters. The van der Waals surface area contributed by atoms with Crippen LogP contribution in [0.3, 0.4) is 0 Å². The summed E-state index contributed by atoms with van der Waals surface area (Å²) in [5.74, 6) is 3.47. The molecule has 40 heavy (non-hydrogen) atoms. The molecule has 3 heterocycles. The number of nitrogens with zero attached hydrogens (tertiary/aromatic N) is 6. The molecule has 1 aliphatic carbocycles. The Hall–Kier alpha value is -3.70. The van der Waals surface area contributed by atoms with Crippen molar-refractivity contribution in [2.24, 2.45) is 10.3 Å². The number of piperazine rings is 1. The molecule has 1 saturated carbocycles. The van der Waals surface area contributed by atoms with Gasteiger partial charge in [-0.3, -0.25) is 0 Å². The first-order valence-corrected chi connectivity index (χ1v) is 15.8. The van der Waals surface area contributed by atoms with Gasteiger partial charge in [-0.2, -0.15) is 9.35 Å². The number of methoxy groups -OCH3 is 1. The van der Waals surface area contributed by atoms with Gasteiger partial charge in [-0.15, -0.1) is 0 Å². The van der Waals surface area contributed by atoms with Crippen molar-refractivity contribution in [2.45, 2.75) is 19.8 Å². The van der Waals surface area contributed by atoms with Gasteiger partial charge in [-0.1, -0.05) is 17.7 Å². The van der Waals surface area contributed by atoms with E-state index in [1.807, 2.05) is 30.5 Å². The maximum Gasteiger partial charge on any atom is 0.229 e. The molecule has 1 aliphatic heterocycles. The second-order valence-electron chi connectivity index (χ2n) is 10.7. The summed E-state index contributed by atoms with van der Waals surface area (Å²) in [6, 6.07) is 11.5. The van der Waals surface area contributed by atoms with Crippen LogP contribution in [0.5, 0.6) is 5.75 Å². The van der Waals surface area contributed by atoms with E-state index in [2.05, 4.69) is 60.9 Å². The van der Waals surface area contributed by atoms with Crippen molar-refractivity contribution in [3.63, 3.8) is 0 Å². The molecule has 10 nitrogen and oxygen atoms in total. The Balaban J connectivity index is 1.42. The van der Waals surface area contributed by atoms with Crippen LogP contribution in [-0.4, -0.2) is 76.9 Å². The van der Waals surface area contributed by atoms with Gasteiger partial charge in [0.15, 0.2) is 5.82 Å². The third-order valence-electron chi connectivity index (χ3n) is 7.00. The number of nitrogens with one attached hydrogen (secondary N) is 2. The fourth-order valence-corrected chi connectivity index (χ4v) is 5.19. The number of ether oxygens (including phenoxy) is 1. The number of benzene rings is 1. The van der Waals surface area contributed by atoms with Crippen LogP contribution < -0.4 is 20.3 Å². The van der Waals surface area contributed by atoms with Crippen LogP contribution in [0, 0.1) is 5.92 Å². The molecule has 2 aromatic heterocycles. The van der Waals surface area contributed by atoms with Crippen LogP contribution in [0.15, 0.2) is 52.5 Å². The van der Waals surface area contributed by atoms with Gasteiger partial charge in [0.25, 0.3) is 0 Å². The second-order valence-corrected chi connectivity index (χ2v) is 13.3. The Morgan fingerprint density at radius 3 is 2.58 bits per heavy atom. The molecule has 3 aromatic rings. The molecular weight excluding hydrogens is 524 g/mol. The van der Waals surface area contributed by atoms with E-state index in [1.54, 1.807) is 25.7 Å². The van der Waals surface area contributed by atoms with E-state index in [4.69, 9.17) is 9.72 Å². The lowest BCUT2D eigenvalue weighted by atomic mass is 10.1. The molecule has 0 amide bonds. The summed E-state index contributed by atoms with van der Waals surface area (Å²) in [6.07, 6.45) is 9.57. The maximum atomic E-state index is 12.2. The number of allylic oxidation sites excluding steroid dienone is 1. The van der Waals surface area contributed by atoms with Crippen molar-refractivity contribution < 1.29 is 8.95 Å². The summed E-state index contributed by atoms with van der Waals surface area (Å²) >= 11 is 0. The third-order valence-corrected chi connectivity index (χ3v) is 7.62. The number of rotatable bonds is 9. The topological polar surface area (TPSA) is 108 Å². The highest BCUT2D eigenvalue weighted by Crippen LogP contribution is 2.38. The van der Waals surface area contributed by atoms with Gasteiger partial charge < -0.3 is 25.2 Å². The average molecular weight is 563 g/mol. The summed E-state index contributed by atoms with van der Waals surface area (Å²) in [5, 5.41) is 6.67. The fraction of sp³-hybridized carbons (Fsp3) is 0.414. The lowest BCUT2D eigenvalue weighted by Gasteiger charge is -2.34. The van der Waals surface area contributed by atoms with E-state index < -0.39 is 9.73 Å². The zero-order valence-corrected chi connectivity index (χ0v) is 24.7. The first-order valence-electron chi connectivity index (χ1n) is 13.5. The minimum absolute atomic E-state index is 0.409. The first-order chi connectivity index (χ1) is 19.2. The molecule has 212 valence electrons. The van der Waals surface area contributed by atoms with Crippen molar-refractivity contribution in [3.8, 4) is 5.75 Å². The highest BCUT2D eigenvalue weighted by Gasteiger charge is 2.23. The summed E-state index contributed by atoms with van der Waals surface area (Å²) in [4.78, 5) is 18.6. The van der Waals surface area contributed by atoms with Gasteiger partial charge >= 0.3 is 0 Å². The molecule has 0 spiro atoms. The Kier molecular flexibility index (Phi) is 8.22. The number of aromatic nitrogens is 3. The van der Waals surface area contributed by atoms with Crippen molar-refractivity contribution >= 4 is 50.6 Å². The zero-order chi connectivity index (χ0) is 28.3. The average Bonchev–Trinajstić information content (AvgIpc) is 3.76. The Morgan fingerprint density at radius 2 is 1.88 bits per heavy atom. The predicted octanol–water partition coefficient (Wildman–Crippen LogP) is 5.29. The van der Waals surface area contributed by atoms with Crippen LogP contribution in [0.25, 0.3) is 6.08 Å². The number of hydrogen-bond donors (Lipinski definition) is 2. The standard InChI is InChI=1S/C29H38N8O2S/c1-20(21-9-10-21)17-22-19-30-29(34-28(22)33-26-7-6-8-27(32-26)35-40(4,5)38)31-23-11-12-24(25(18-23)39-3)37-15-13-36(2)14-16-37/h6-8,11-12,17-19,21H,9-10,13-16H2,1-5H3,(H2,30,31,32,33,34)/b20-17+. The SMILES string of the molecule is COc1cc(Nc2ncc(/C=C(\C)C3CC3)c(Nc3cccc(N=S(C)(C)=O)n3)n2)ccc1N1CCN(C)CC1. The molecule has 2 aliphatic rings. The van der Waals surface area contributed by atoms with E-state index in [1.165, 1.54) is 18.4 Å². The Labute approximate surface area is 237 Å². The fourth-order valence-electron chi connectivity index (χ4n) is 4.64. The van der Waals surface area contributed by atoms with Crippen LogP contribution in [-0.2, 0) is 9.73 Å². The minimum Gasteiger partial charge on any atom is -0.495 e. The monoisotopic (exact) mass is 562 g/mol. The second kappa shape index (κ2) is 11.8. The van der Waals surface area contributed by atoms with E-state index in [-0.39, 0.29) is 0 Å². The minimum atomic E-state index is -2.33. The summed E-state index contributed by atoms with van der Waals surface area (Å²) in [5.41, 5.74) is 4.10. The summed E-state index contributed by atoms with van der Waals surface area (Å²) in [7, 11) is 1.52. The molecule has 11 heteroatoms. The highest BCUT2D eigenvalue weighted by atomic mass is 32.2. The van der Waals surface area contributed by atoms with Gasteiger partial charge in [-0.05, 0) is 57.0 Å². The number of anilines is 5. The van der Waals surface area contributed by atoms with E-state index in [0.29, 0.717) is 29.3 Å². The van der Waals surface area contributed by atoms with Gasteiger partial charge in [0.2, 0.25) is 5.95 Å². The summed E-state index contributed by atoms with van der Waals surface area (Å²) < 4.78 is 22.2. The van der Waals surface area contributed by atoms with Crippen molar-refractivity contribution in [2.75, 3.05) is 68.4 Å². The molecule has 2 fully saturated rings. The molecule has 0 unspecified atom stereocenters. The van der Waals surface area contributed by atoms with E-state index in [9.17, 15) is 4.21 Å². The lowest BCUT2D eigenvalue weighted by molar-refractivity contribution is 0.311. The van der Waals surface area contributed by atoms with Crippen LogP contribution in [0.2, 0.25) is 0 Å². The van der Waals surface area contributed by atoms with Crippen LogP contribution in [0.1, 0.15) is 25.3 Å². The van der Waals surface area contributed by atoms with Gasteiger partial charge in [-0.25, -0.2) is 14.2 Å². The summed E-state index contributed by atoms with van der Waals surface area (Å²) in [6.45, 7) is 6.12. The van der Waals surface area contributed by atoms with Crippen molar-refractivity contribution in [3.05, 3.63) is 53.7 Å². The molecule has 0 radical (unpaired) electrons. The van der Waals surface area contributed by atoms with Crippen LogP contribution in [0.4, 0.5) is 34.8 Å². The number of pyridine rings is 1. The molecule has 0 bridgehead atoms. The van der Waals surface area contributed by atoms with Gasteiger partial charge in [0.05, 0.1) is 12.8 Å². The maximum absolute atomic E-state index is 12.2. The molecular formula is C29H38N8O2S. The Bertz CT molecular complexity index is 1510. The predicted molar refractivity (Wildman–Crippen MR) is 164 cm³/mol. The van der Waals surface area contributed by atoms with Gasteiger partial charge in [0, 0.05) is 71.9 Å². The molecule has 2 N–H and O–H groups in total. The lowest BCUT2D eigenvalue weighted by Crippen LogP contribution is -2.44. The zero-order valence-electron chi connectivity index (χ0n) is 23.8. The quantitative estimate of drug-likeness (QED) is 0.360. The normalized spacial score (nSPS) is 16.5. The first kappa shape index (κ1) is 27.9. The third kappa shape index (κ3) is 7.28. The molecule has 1 aromatic carbocycles. The van der Waals surface area contributed by atoms with Crippen molar-refractivity contribution in [1.82, 2.24) is 19.9 Å².